The molecule has 1 atom stereocenters. The zero-order valence-electron chi connectivity index (χ0n) is 15.6. The fourth-order valence-electron chi connectivity index (χ4n) is 3.79. The molecule has 2 aromatic heterocycles. The summed E-state index contributed by atoms with van der Waals surface area (Å²) in [7, 11) is -3.66. The summed E-state index contributed by atoms with van der Waals surface area (Å²) in [5.74, 6) is 0.680. The summed E-state index contributed by atoms with van der Waals surface area (Å²) in [4.78, 5) is 8.94. The van der Waals surface area contributed by atoms with Crippen molar-refractivity contribution < 1.29 is 13.2 Å². The van der Waals surface area contributed by atoms with Crippen LogP contribution < -0.4 is 4.74 Å². The first kappa shape index (κ1) is 18.0. The Bertz CT molecular complexity index is 1300. The van der Waals surface area contributed by atoms with E-state index in [1.165, 1.54) is 4.31 Å². The van der Waals surface area contributed by atoms with Crippen LogP contribution in [0.3, 0.4) is 0 Å². The Labute approximate surface area is 168 Å². The van der Waals surface area contributed by atoms with Crippen molar-refractivity contribution in [1.82, 2.24) is 14.3 Å². The van der Waals surface area contributed by atoms with Crippen LogP contribution >= 0.6 is 0 Å². The van der Waals surface area contributed by atoms with Gasteiger partial charge in [-0.05, 0) is 30.7 Å². The second-order valence-corrected chi connectivity index (χ2v) is 8.96. The van der Waals surface area contributed by atoms with Crippen LogP contribution in [0.4, 0.5) is 0 Å². The maximum absolute atomic E-state index is 13.3. The number of pyridine rings is 2. The molecule has 2 aromatic carbocycles. The van der Waals surface area contributed by atoms with Gasteiger partial charge in [0.25, 0.3) is 0 Å². The quantitative estimate of drug-likeness (QED) is 0.518. The summed E-state index contributed by atoms with van der Waals surface area (Å²) in [6, 6.07) is 18.5. The molecule has 1 fully saturated rings. The summed E-state index contributed by atoms with van der Waals surface area (Å²) in [6.45, 7) is 0.711. The van der Waals surface area contributed by atoms with E-state index in [0.29, 0.717) is 30.8 Å². The molecule has 29 heavy (non-hydrogen) atoms. The van der Waals surface area contributed by atoms with Crippen molar-refractivity contribution in [1.29, 1.82) is 0 Å². The first-order valence-electron chi connectivity index (χ1n) is 9.47. The number of para-hydroxylation sites is 2. The van der Waals surface area contributed by atoms with Crippen LogP contribution in [0, 0.1) is 0 Å². The lowest BCUT2D eigenvalue weighted by atomic mass is 10.2. The Morgan fingerprint density at radius 2 is 1.52 bits per heavy atom. The van der Waals surface area contributed by atoms with Crippen molar-refractivity contribution in [2.24, 2.45) is 0 Å². The molecule has 4 aromatic rings. The molecule has 0 amide bonds. The SMILES string of the molecule is O=S(=O)(c1cccc2cccnc12)N1CCC(Oc2cccc3cccnc23)C1. The Kier molecular flexibility index (Phi) is 4.41. The van der Waals surface area contributed by atoms with E-state index >= 15 is 0 Å². The molecule has 1 saturated heterocycles. The smallest absolute Gasteiger partial charge is 0.245 e. The number of fused-ring (bicyclic) bond motifs is 2. The van der Waals surface area contributed by atoms with Crippen molar-refractivity contribution in [2.75, 3.05) is 13.1 Å². The summed E-state index contributed by atoms with van der Waals surface area (Å²) in [5.41, 5.74) is 1.28. The Balaban J connectivity index is 1.41. The van der Waals surface area contributed by atoms with Crippen LogP contribution in [0.5, 0.6) is 5.75 Å². The lowest BCUT2D eigenvalue weighted by molar-refractivity contribution is 0.218. The molecule has 0 spiro atoms. The minimum atomic E-state index is -3.66. The van der Waals surface area contributed by atoms with Gasteiger partial charge >= 0.3 is 0 Å². The van der Waals surface area contributed by atoms with E-state index in [9.17, 15) is 8.42 Å². The van der Waals surface area contributed by atoms with Crippen molar-refractivity contribution in [3.05, 3.63) is 73.1 Å². The van der Waals surface area contributed by atoms with E-state index in [2.05, 4.69) is 9.97 Å². The molecular formula is C22H19N3O3S. The van der Waals surface area contributed by atoms with E-state index < -0.39 is 10.0 Å². The lowest BCUT2D eigenvalue weighted by Crippen LogP contribution is -2.31. The number of sulfonamides is 1. The maximum Gasteiger partial charge on any atom is 0.245 e. The minimum absolute atomic E-state index is 0.222. The van der Waals surface area contributed by atoms with Crippen LogP contribution in [0.25, 0.3) is 21.8 Å². The maximum atomic E-state index is 13.3. The highest BCUT2D eigenvalue weighted by molar-refractivity contribution is 7.89. The number of benzene rings is 2. The van der Waals surface area contributed by atoms with Crippen molar-refractivity contribution in [3.8, 4) is 5.75 Å². The number of ether oxygens (including phenoxy) is 1. The summed E-state index contributed by atoms with van der Waals surface area (Å²) in [5, 5.41) is 1.80. The summed E-state index contributed by atoms with van der Waals surface area (Å²) in [6.07, 6.45) is 3.75. The van der Waals surface area contributed by atoms with Crippen LogP contribution in [-0.4, -0.2) is 41.9 Å². The highest BCUT2D eigenvalue weighted by Gasteiger charge is 2.35. The van der Waals surface area contributed by atoms with Gasteiger partial charge in [-0.1, -0.05) is 36.4 Å². The number of rotatable bonds is 4. The monoisotopic (exact) mass is 405 g/mol. The molecule has 7 heteroatoms. The first-order valence-corrected chi connectivity index (χ1v) is 10.9. The summed E-state index contributed by atoms with van der Waals surface area (Å²) < 4.78 is 34.2. The van der Waals surface area contributed by atoms with Crippen molar-refractivity contribution >= 4 is 31.8 Å². The van der Waals surface area contributed by atoms with Gasteiger partial charge in [-0.3, -0.25) is 9.97 Å². The van der Waals surface area contributed by atoms with Gasteiger partial charge in [-0.15, -0.1) is 0 Å². The van der Waals surface area contributed by atoms with Gasteiger partial charge in [0.15, 0.2) is 0 Å². The molecular weight excluding hydrogens is 386 g/mol. The molecule has 0 radical (unpaired) electrons. The van der Waals surface area contributed by atoms with Gasteiger partial charge in [-0.2, -0.15) is 4.31 Å². The molecule has 6 nitrogen and oxygen atoms in total. The third-order valence-electron chi connectivity index (χ3n) is 5.21. The molecule has 5 rings (SSSR count). The predicted octanol–water partition coefficient (Wildman–Crippen LogP) is 3.63. The highest BCUT2D eigenvalue weighted by Crippen LogP contribution is 2.30. The van der Waals surface area contributed by atoms with Crippen molar-refractivity contribution in [3.63, 3.8) is 0 Å². The Morgan fingerprint density at radius 3 is 2.31 bits per heavy atom. The summed E-state index contributed by atoms with van der Waals surface area (Å²) >= 11 is 0. The average molecular weight is 405 g/mol. The zero-order valence-corrected chi connectivity index (χ0v) is 16.4. The standard InChI is InChI=1S/C22H19N3O3S/c26-29(27,20-10-2-6-17-8-4-13-24-22(17)20)25-14-11-18(15-25)28-19-9-1-5-16-7-3-12-23-21(16)19/h1-10,12-13,18H,11,14-15H2. The molecule has 0 saturated carbocycles. The number of hydrogen-bond acceptors (Lipinski definition) is 5. The second kappa shape index (κ2) is 7.09. The van der Waals surface area contributed by atoms with Crippen LogP contribution in [0.2, 0.25) is 0 Å². The predicted molar refractivity (Wildman–Crippen MR) is 111 cm³/mol. The largest absolute Gasteiger partial charge is 0.487 e. The van der Waals surface area contributed by atoms with Gasteiger partial charge in [0.05, 0.1) is 12.1 Å². The lowest BCUT2D eigenvalue weighted by Gasteiger charge is -2.18. The molecule has 1 aliphatic heterocycles. The van der Waals surface area contributed by atoms with Crippen molar-refractivity contribution in [2.45, 2.75) is 17.4 Å². The molecule has 1 unspecified atom stereocenters. The Morgan fingerprint density at radius 1 is 0.862 bits per heavy atom. The average Bonchev–Trinajstić information content (AvgIpc) is 3.23. The Hall–Kier alpha value is -3.03. The van der Waals surface area contributed by atoms with Gasteiger partial charge in [0, 0.05) is 29.7 Å². The molecule has 146 valence electrons. The number of hydrogen-bond donors (Lipinski definition) is 0. The number of aromatic nitrogens is 2. The molecule has 0 N–H and O–H groups in total. The van der Waals surface area contributed by atoms with Gasteiger partial charge in [-0.25, -0.2) is 8.42 Å². The molecule has 0 bridgehead atoms. The fraction of sp³-hybridized carbons (Fsp3) is 0.182. The first-order chi connectivity index (χ1) is 14.1. The van der Waals surface area contributed by atoms with Crippen LogP contribution in [0.15, 0.2) is 78.0 Å². The molecule has 3 heterocycles. The fourth-order valence-corrected chi connectivity index (χ4v) is 5.44. The molecule has 1 aliphatic rings. The third kappa shape index (κ3) is 3.22. The normalized spacial score (nSPS) is 17.7. The zero-order chi connectivity index (χ0) is 19.8. The second-order valence-electron chi connectivity index (χ2n) is 7.05. The highest BCUT2D eigenvalue weighted by atomic mass is 32.2. The van der Waals surface area contributed by atoms with Gasteiger partial charge in [0.2, 0.25) is 10.0 Å². The van der Waals surface area contributed by atoms with Crippen LogP contribution in [0.1, 0.15) is 6.42 Å². The molecule has 0 aliphatic carbocycles. The number of nitrogens with zero attached hydrogens (tertiary/aromatic N) is 3. The minimum Gasteiger partial charge on any atom is -0.487 e. The van der Waals surface area contributed by atoms with E-state index in [4.69, 9.17) is 4.74 Å². The van der Waals surface area contributed by atoms with Gasteiger partial charge in [0.1, 0.15) is 22.3 Å². The topological polar surface area (TPSA) is 72.4 Å². The van der Waals surface area contributed by atoms with Crippen LogP contribution in [-0.2, 0) is 10.0 Å². The third-order valence-corrected chi connectivity index (χ3v) is 7.11. The van der Waals surface area contributed by atoms with E-state index in [1.54, 1.807) is 30.6 Å². The van der Waals surface area contributed by atoms with E-state index in [-0.39, 0.29) is 11.0 Å². The van der Waals surface area contributed by atoms with E-state index in [0.717, 1.165) is 16.3 Å². The van der Waals surface area contributed by atoms with E-state index in [1.807, 2.05) is 42.5 Å². The van der Waals surface area contributed by atoms with Gasteiger partial charge < -0.3 is 4.74 Å².